The summed E-state index contributed by atoms with van der Waals surface area (Å²) < 4.78 is 59.1. The maximum Gasteiger partial charge on any atom is 0.433 e. The Morgan fingerprint density at radius 2 is 1.97 bits per heavy atom. The van der Waals surface area contributed by atoms with Crippen LogP contribution in [0, 0.1) is 12.7 Å². The molecule has 1 fully saturated rings. The van der Waals surface area contributed by atoms with Crippen LogP contribution >= 0.6 is 0 Å². The maximum absolute atomic E-state index is 13.3. The third-order valence-electron chi connectivity index (χ3n) is 5.00. The van der Waals surface area contributed by atoms with Crippen molar-refractivity contribution in [1.82, 2.24) is 19.5 Å². The number of hydrogen-bond acceptors (Lipinski definition) is 4. The zero-order valence-corrected chi connectivity index (χ0v) is 16.0. The number of nitrogens with zero attached hydrogens (tertiary/aromatic N) is 4. The first-order chi connectivity index (χ1) is 14.2. The molecule has 158 valence electrons. The number of benzene rings is 1. The smallest absolute Gasteiger partial charge is 0.433 e. The van der Waals surface area contributed by atoms with Crippen LogP contribution in [-0.4, -0.2) is 45.1 Å². The third-order valence-corrected chi connectivity index (χ3v) is 5.00. The van der Waals surface area contributed by atoms with Gasteiger partial charge in [0, 0.05) is 30.8 Å². The summed E-state index contributed by atoms with van der Waals surface area (Å²) in [5, 5.41) is 4.13. The van der Waals surface area contributed by atoms with E-state index in [1.54, 1.807) is 4.90 Å². The summed E-state index contributed by atoms with van der Waals surface area (Å²) in [7, 11) is 0. The monoisotopic (exact) mass is 422 g/mol. The van der Waals surface area contributed by atoms with Gasteiger partial charge in [0.15, 0.2) is 12.3 Å². The van der Waals surface area contributed by atoms with Gasteiger partial charge in [-0.25, -0.2) is 13.9 Å². The first-order valence-electron chi connectivity index (χ1n) is 9.31. The van der Waals surface area contributed by atoms with Crippen molar-refractivity contribution in [2.75, 3.05) is 19.7 Å². The Bertz CT molecular complexity index is 1080. The summed E-state index contributed by atoms with van der Waals surface area (Å²) in [6, 6.07) is 7.83. The molecule has 2 aromatic heterocycles. The molecule has 10 heteroatoms. The van der Waals surface area contributed by atoms with Gasteiger partial charge < -0.3 is 9.64 Å². The molecule has 1 amide bonds. The van der Waals surface area contributed by atoms with Gasteiger partial charge in [-0.15, -0.1) is 0 Å². The van der Waals surface area contributed by atoms with Crippen molar-refractivity contribution in [1.29, 1.82) is 0 Å². The van der Waals surface area contributed by atoms with Gasteiger partial charge in [-0.2, -0.15) is 18.3 Å². The Kier molecular flexibility index (Phi) is 5.08. The fourth-order valence-electron chi connectivity index (χ4n) is 3.51. The molecule has 1 aliphatic heterocycles. The largest absolute Gasteiger partial charge is 0.484 e. The highest BCUT2D eigenvalue weighted by Gasteiger charge is 2.36. The van der Waals surface area contributed by atoms with Crippen molar-refractivity contribution in [2.24, 2.45) is 0 Å². The Hall–Kier alpha value is -3.17. The number of rotatable bonds is 4. The predicted molar refractivity (Wildman–Crippen MR) is 98.6 cm³/mol. The second-order valence-electron chi connectivity index (χ2n) is 7.19. The molecule has 1 saturated heterocycles. The van der Waals surface area contributed by atoms with Crippen molar-refractivity contribution < 1.29 is 27.1 Å². The Morgan fingerprint density at radius 1 is 1.23 bits per heavy atom. The number of halogens is 4. The van der Waals surface area contributed by atoms with Crippen LogP contribution in [0.1, 0.15) is 29.4 Å². The quantitative estimate of drug-likeness (QED) is 0.603. The fraction of sp³-hybridized carbons (Fsp3) is 0.350. The van der Waals surface area contributed by atoms with Crippen molar-refractivity contribution in [3.63, 3.8) is 0 Å². The molecule has 0 saturated carbocycles. The number of amides is 1. The van der Waals surface area contributed by atoms with E-state index in [2.05, 4.69) is 10.1 Å². The second-order valence-corrected chi connectivity index (χ2v) is 7.19. The highest BCUT2D eigenvalue weighted by atomic mass is 19.4. The van der Waals surface area contributed by atoms with Gasteiger partial charge in [-0.1, -0.05) is 0 Å². The number of fused-ring (bicyclic) bond motifs is 1. The summed E-state index contributed by atoms with van der Waals surface area (Å²) in [6.45, 7) is 2.07. The van der Waals surface area contributed by atoms with Crippen molar-refractivity contribution >= 4 is 11.6 Å². The molecule has 0 bridgehead atoms. The van der Waals surface area contributed by atoms with Gasteiger partial charge >= 0.3 is 6.18 Å². The normalized spacial score (nSPS) is 17.0. The summed E-state index contributed by atoms with van der Waals surface area (Å²) in [5.74, 6) is -0.470. The lowest BCUT2D eigenvalue weighted by atomic mass is 10.1. The molecule has 3 aromatic rings. The van der Waals surface area contributed by atoms with Crippen LogP contribution in [0.4, 0.5) is 17.6 Å². The minimum atomic E-state index is -4.55. The zero-order chi connectivity index (χ0) is 21.5. The number of likely N-dealkylation sites (tertiary alicyclic amines) is 1. The molecule has 6 nitrogen and oxygen atoms in total. The molecule has 0 radical (unpaired) electrons. The molecule has 1 aromatic carbocycles. The average Bonchev–Trinajstić information content (AvgIpc) is 3.32. The highest BCUT2D eigenvalue weighted by Crippen LogP contribution is 2.32. The number of hydrogen-bond donors (Lipinski definition) is 0. The molecule has 0 unspecified atom stereocenters. The minimum absolute atomic E-state index is 0.127. The first-order valence-corrected chi connectivity index (χ1v) is 9.31. The molecular weight excluding hydrogens is 404 g/mol. The molecule has 3 heterocycles. The molecular formula is C20H18F4N4O2. The number of alkyl halides is 3. The van der Waals surface area contributed by atoms with E-state index in [0.29, 0.717) is 31.0 Å². The Morgan fingerprint density at radius 3 is 2.67 bits per heavy atom. The van der Waals surface area contributed by atoms with E-state index in [1.807, 2.05) is 0 Å². The third kappa shape index (κ3) is 4.07. The van der Waals surface area contributed by atoms with E-state index < -0.39 is 17.7 Å². The van der Waals surface area contributed by atoms with E-state index in [1.165, 1.54) is 37.3 Å². The van der Waals surface area contributed by atoms with Gasteiger partial charge in [0.25, 0.3) is 5.91 Å². The summed E-state index contributed by atoms with van der Waals surface area (Å²) in [4.78, 5) is 18.1. The first kappa shape index (κ1) is 20.1. The molecule has 0 N–H and O–H groups in total. The number of aromatic nitrogens is 3. The molecule has 4 rings (SSSR count). The number of carbonyl (C=O) groups is 1. The Labute approximate surface area is 169 Å². The van der Waals surface area contributed by atoms with Crippen LogP contribution in [0.15, 0.2) is 36.4 Å². The van der Waals surface area contributed by atoms with Crippen LogP contribution in [0.25, 0.3) is 5.65 Å². The minimum Gasteiger partial charge on any atom is -0.484 e. The van der Waals surface area contributed by atoms with Crippen molar-refractivity contribution in [2.45, 2.75) is 25.4 Å². The van der Waals surface area contributed by atoms with Gasteiger partial charge in [-0.05, 0) is 43.7 Å². The lowest BCUT2D eigenvalue weighted by Gasteiger charge is -2.16. The van der Waals surface area contributed by atoms with Crippen LogP contribution in [-0.2, 0) is 11.0 Å². The average molecular weight is 422 g/mol. The molecule has 30 heavy (non-hydrogen) atoms. The van der Waals surface area contributed by atoms with E-state index >= 15 is 0 Å². The van der Waals surface area contributed by atoms with Crippen LogP contribution < -0.4 is 4.74 Å². The van der Waals surface area contributed by atoms with E-state index in [0.717, 1.165) is 10.6 Å². The zero-order valence-electron chi connectivity index (χ0n) is 16.0. The lowest BCUT2D eigenvalue weighted by Crippen LogP contribution is -2.32. The molecule has 0 aliphatic carbocycles. The standard InChI is InChI=1S/C20H18F4N4O2/c1-12-8-17(20(22,23)24)28-18(25-12)9-16(26-28)13-6-7-27(10-13)19(29)11-30-15-4-2-14(21)3-5-15/h2-5,8-9,13H,6-7,10-11H2,1H3/t13-/m1/s1. The molecule has 1 atom stereocenters. The lowest BCUT2D eigenvalue weighted by molar-refractivity contribution is -0.142. The predicted octanol–water partition coefficient (Wildman–Crippen LogP) is 3.59. The number of carbonyl (C=O) groups excluding carboxylic acids is 1. The summed E-state index contributed by atoms with van der Waals surface area (Å²) in [5.41, 5.74) is -0.0348. The fourth-order valence-corrected chi connectivity index (χ4v) is 3.51. The maximum atomic E-state index is 13.3. The van der Waals surface area contributed by atoms with Crippen LogP contribution in [0.2, 0.25) is 0 Å². The molecule has 0 spiro atoms. The van der Waals surface area contributed by atoms with Gasteiger partial charge in [-0.3, -0.25) is 4.79 Å². The summed E-state index contributed by atoms with van der Waals surface area (Å²) in [6.07, 6.45) is -3.98. The SMILES string of the molecule is Cc1cc(C(F)(F)F)n2nc([C@@H]3CCN(C(=O)COc4ccc(F)cc4)C3)cc2n1. The van der Waals surface area contributed by atoms with Crippen LogP contribution in [0.5, 0.6) is 5.75 Å². The highest BCUT2D eigenvalue weighted by molar-refractivity contribution is 5.78. The molecule has 1 aliphatic rings. The van der Waals surface area contributed by atoms with Gasteiger partial charge in [0.1, 0.15) is 17.3 Å². The van der Waals surface area contributed by atoms with Gasteiger partial charge in [0.2, 0.25) is 0 Å². The van der Waals surface area contributed by atoms with Crippen molar-refractivity contribution in [3.8, 4) is 5.75 Å². The van der Waals surface area contributed by atoms with Crippen LogP contribution in [0.3, 0.4) is 0 Å². The summed E-state index contributed by atoms with van der Waals surface area (Å²) >= 11 is 0. The number of ether oxygens (including phenoxy) is 1. The second kappa shape index (κ2) is 7.58. The Balaban J connectivity index is 1.45. The van der Waals surface area contributed by atoms with E-state index in [9.17, 15) is 22.4 Å². The van der Waals surface area contributed by atoms with Crippen molar-refractivity contribution in [3.05, 3.63) is 59.3 Å². The van der Waals surface area contributed by atoms with Gasteiger partial charge in [0.05, 0.1) is 5.69 Å². The van der Waals surface area contributed by atoms with E-state index in [4.69, 9.17) is 4.74 Å². The topological polar surface area (TPSA) is 59.7 Å². The number of aryl methyl sites for hydroxylation is 1. The van der Waals surface area contributed by atoms with E-state index in [-0.39, 0.29) is 29.8 Å².